The molecule has 1 saturated heterocycles. The van der Waals surface area contributed by atoms with Crippen LogP contribution in [0.25, 0.3) is 5.57 Å². The quantitative estimate of drug-likeness (QED) is 0.842. The molecule has 5 heteroatoms. The third-order valence-corrected chi connectivity index (χ3v) is 3.90. The van der Waals surface area contributed by atoms with Crippen molar-refractivity contribution < 1.29 is 0 Å². The van der Waals surface area contributed by atoms with Crippen molar-refractivity contribution in [2.24, 2.45) is 5.73 Å². The summed E-state index contributed by atoms with van der Waals surface area (Å²) < 4.78 is 0. The van der Waals surface area contributed by atoms with Crippen LogP contribution in [0.1, 0.15) is 37.8 Å². The van der Waals surface area contributed by atoms with Crippen LogP contribution in [0.4, 0.5) is 11.8 Å². The van der Waals surface area contributed by atoms with Crippen molar-refractivity contribution in [2.75, 3.05) is 23.7 Å². The number of hydrogen-bond acceptors (Lipinski definition) is 5. The second kappa shape index (κ2) is 5.17. The van der Waals surface area contributed by atoms with Gasteiger partial charge >= 0.3 is 0 Å². The van der Waals surface area contributed by atoms with Crippen LogP contribution in [0, 0.1) is 0 Å². The minimum Gasteiger partial charge on any atom is -0.368 e. The van der Waals surface area contributed by atoms with Crippen LogP contribution in [0.3, 0.4) is 0 Å². The minimum absolute atomic E-state index is 0.244. The Labute approximate surface area is 113 Å². The summed E-state index contributed by atoms with van der Waals surface area (Å²) in [7, 11) is 0. The Kier molecular flexibility index (Phi) is 3.38. The summed E-state index contributed by atoms with van der Waals surface area (Å²) in [5, 5.41) is 0. The molecule has 0 amide bonds. The number of nitrogens with zero attached hydrogens (tertiary/aromatic N) is 3. The van der Waals surface area contributed by atoms with Crippen molar-refractivity contribution in [1.29, 1.82) is 0 Å². The molecule has 0 bridgehead atoms. The summed E-state index contributed by atoms with van der Waals surface area (Å²) in [4.78, 5) is 10.9. The second-order valence-corrected chi connectivity index (χ2v) is 5.44. The Bertz CT molecular complexity index is 497. The van der Waals surface area contributed by atoms with E-state index >= 15 is 0 Å². The minimum atomic E-state index is 0.244. The molecule has 2 aliphatic rings. The SMILES string of the molecule is Nc1nc(C2=CCCCC2)cc(N2CC[C@@H](N)C2)n1. The van der Waals surface area contributed by atoms with Gasteiger partial charge in [0.1, 0.15) is 5.82 Å². The summed E-state index contributed by atoms with van der Waals surface area (Å²) >= 11 is 0. The van der Waals surface area contributed by atoms with Crippen molar-refractivity contribution in [3.8, 4) is 0 Å². The standard InChI is InChI=1S/C14H21N5/c15-11-6-7-19(9-11)13-8-12(17-14(16)18-13)10-4-2-1-3-5-10/h4,8,11H,1-3,5-7,9,15H2,(H2,16,17,18)/t11-/m1/s1. The van der Waals surface area contributed by atoms with Gasteiger partial charge in [-0.1, -0.05) is 6.08 Å². The van der Waals surface area contributed by atoms with Crippen LogP contribution in [-0.2, 0) is 0 Å². The third kappa shape index (κ3) is 2.71. The lowest BCUT2D eigenvalue weighted by Gasteiger charge is -2.19. The molecule has 5 nitrogen and oxygen atoms in total. The molecule has 4 N–H and O–H groups in total. The molecule has 2 heterocycles. The molecule has 0 aromatic carbocycles. The van der Waals surface area contributed by atoms with E-state index in [4.69, 9.17) is 11.5 Å². The molecule has 1 atom stereocenters. The summed E-state index contributed by atoms with van der Waals surface area (Å²) in [5.74, 6) is 1.28. The smallest absolute Gasteiger partial charge is 0.222 e. The fraction of sp³-hybridized carbons (Fsp3) is 0.571. The van der Waals surface area contributed by atoms with E-state index in [2.05, 4.69) is 27.0 Å². The number of nitrogens with two attached hydrogens (primary N) is 2. The zero-order valence-corrected chi connectivity index (χ0v) is 11.2. The first kappa shape index (κ1) is 12.4. The van der Waals surface area contributed by atoms with E-state index in [1.807, 2.05) is 0 Å². The highest BCUT2D eigenvalue weighted by Crippen LogP contribution is 2.28. The summed E-state index contributed by atoms with van der Waals surface area (Å²) in [5.41, 5.74) is 14.1. The van der Waals surface area contributed by atoms with Gasteiger partial charge in [-0.2, -0.15) is 4.98 Å². The fourth-order valence-electron chi connectivity index (χ4n) is 2.85. The lowest BCUT2D eigenvalue weighted by atomic mass is 9.97. The molecule has 1 aliphatic carbocycles. The first-order chi connectivity index (χ1) is 9.22. The average Bonchev–Trinajstić information content (AvgIpc) is 2.86. The Morgan fingerprint density at radius 1 is 1.26 bits per heavy atom. The molecule has 0 radical (unpaired) electrons. The topological polar surface area (TPSA) is 81.1 Å². The van der Waals surface area contributed by atoms with Crippen LogP contribution < -0.4 is 16.4 Å². The van der Waals surface area contributed by atoms with E-state index in [-0.39, 0.29) is 6.04 Å². The van der Waals surface area contributed by atoms with Crippen molar-refractivity contribution in [3.05, 3.63) is 17.8 Å². The van der Waals surface area contributed by atoms with Crippen LogP contribution in [-0.4, -0.2) is 29.1 Å². The number of rotatable bonds is 2. The molecule has 0 unspecified atom stereocenters. The maximum absolute atomic E-state index is 5.95. The average molecular weight is 259 g/mol. The normalized spacial score (nSPS) is 23.5. The van der Waals surface area contributed by atoms with E-state index in [1.54, 1.807) is 0 Å². The Hall–Kier alpha value is -1.62. The highest BCUT2D eigenvalue weighted by Gasteiger charge is 2.21. The van der Waals surface area contributed by atoms with Crippen LogP contribution in [0.2, 0.25) is 0 Å². The number of nitrogen functional groups attached to an aromatic ring is 1. The number of hydrogen-bond donors (Lipinski definition) is 2. The van der Waals surface area contributed by atoms with Gasteiger partial charge in [0.25, 0.3) is 0 Å². The lowest BCUT2D eigenvalue weighted by molar-refractivity contribution is 0.739. The van der Waals surface area contributed by atoms with Crippen molar-refractivity contribution in [1.82, 2.24) is 9.97 Å². The summed E-state index contributed by atoms with van der Waals surface area (Å²) in [6, 6.07) is 2.31. The highest BCUT2D eigenvalue weighted by atomic mass is 15.2. The van der Waals surface area contributed by atoms with Gasteiger partial charge in [-0.3, -0.25) is 0 Å². The van der Waals surface area contributed by atoms with Gasteiger partial charge in [-0.15, -0.1) is 0 Å². The first-order valence-electron chi connectivity index (χ1n) is 7.07. The molecular weight excluding hydrogens is 238 g/mol. The van der Waals surface area contributed by atoms with Crippen molar-refractivity contribution >= 4 is 17.3 Å². The maximum Gasteiger partial charge on any atom is 0.222 e. The molecular formula is C14H21N5. The molecule has 1 fully saturated rings. The van der Waals surface area contributed by atoms with E-state index in [0.717, 1.165) is 43.9 Å². The van der Waals surface area contributed by atoms with Crippen molar-refractivity contribution in [3.63, 3.8) is 0 Å². The van der Waals surface area contributed by atoms with E-state index < -0.39 is 0 Å². The highest BCUT2D eigenvalue weighted by molar-refractivity contribution is 5.66. The Balaban J connectivity index is 1.89. The zero-order chi connectivity index (χ0) is 13.2. The zero-order valence-electron chi connectivity index (χ0n) is 11.2. The summed E-state index contributed by atoms with van der Waals surface area (Å²) in [6.45, 7) is 1.81. The third-order valence-electron chi connectivity index (χ3n) is 3.90. The monoisotopic (exact) mass is 259 g/mol. The first-order valence-corrected chi connectivity index (χ1v) is 7.07. The predicted molar refractivity (Wildman–Crippen MR) is 77.7 cm³/mol. The van der Waals surface area contributed by atoms with E-state index in [9.17, 15) is 0 Å². The molecule has 0 spiro atoms. The molecule has 1 aromatic rings. The maximum atomic E-state index is 5.95. The number of allylic oxidation sites excluding steroid dienone is 2. The van der Waals surface area contributed by atoms with Crippen LogP contribution in [0.5, 0.6) is 0 Å². The van der Waals surface area contributed by atoms with Crippen LogP contribution in [0.15, 0.2) is 12.1 Å². The molecule has 1 aromatic heterocycles. The Morgan fingerprint density at radius 3 is 2.84 bits per heavy atom. The van der Waals surface area contributed by atoms with E-state index in [0.29, 0.717) is 5.95 Å². The van der Waals surface area contributed by atoms with Gasteiger partial charge in [0.15, 0.2) is 0 Å². The van der Waals surface area contributed by atoms with Crippen LogP contribution >= 0.6 is 0 Å². The Morgan fingerprint density at radius 2 is 2.16 bits per heavy atom. The predicted octanol–water partition coefficient (Wildman–Crippen LogP) is 1.55. The van der Waals surface area contributed by atoms with Gasteiger partial charge in [0, 0.05) is 25.2 Å². The van der Waals surface area contributed by atoms with Gasteiger partial charge < -0.3 is 16.4 Å². The molecule has 1 aliphatic heterocycles. The van der Waals surface area contributed by atoms with E-state index in [1.165, 1.54) is 18.4 Å². The van der Waals surface area contributed by atoms with Gasteiger partial charge in [0.05, 0.1) is 5.69 Å². The molecule has 3 rings (SSSR count). The van der Waals surface area contributed by atoms with Gasteiger partial charge in [-0.25, -0.2) is 4.98 Å². The molecule has 0 saturated carbocycles. The number of anilines is 2. The summed E-state index contributed by atoms with van der Waals surface area (Å²) in [6.07, 6.45) is 8.04. The lowest BCUT2D eigenvalue weighted by Crippen LogP contribution is -2.27. The molecule has 102 valence electrons. The van der Waals surface area contributed by atoms with Crippen molar-refractivity contribution in [2.45, 2.75) is 38.1 Å². The fourth-order valence-corrected chi connectivity index (χ4v) is 2.85. The number of aromatic nitrogens is 2. The largest absolute Gasteiger partial charge is 0.368 e. The van der Waals surface area contributed by atoms with Gasteiger partial charge in [0.2, 0.25) is 5.95 Å². The second-order valence-electron chi connectivity index (χ2n) is 5.44. The molecule has 19 heavy (non-hydrogen) atoms. The van der Waals surface area contributed by atoms with Gasteiger partial charge in [-0.05, 0) is 37.7 Å².